The van der Waals surface area contributed by atoms with Gasteiger partial charge in [-0.1, -0.05) is 0 Å². The number of aryl methyl sites for hydroxylation is 1. The third kappa shape index (κ3) is 2.63. The van der Waals surface area contributed by atoms with Crippen LogP contribution in [0, 0.1) is 0 Å². The van der Waals surface area contributed by atoms with Gasteiger partial charge in [-0.15, -0.1) is 0 Å². The normalized spacial score (nSPS) is 11.8. The zero-order valence-corrected chi connectivity index (χ0v) is 7.80. The van der Waals surface area contributed by atoms with Crippen LogP contribution in [0.5, 0.6) is 0 Å². The molecule has 1 aromatic rings. The number of nitrogens with one attached hydrogen (secondary N) is 1. The SMILES string of the molecule is Cn1ccnc1CNS(C)(=O)=O. The Bertz CT molecular complexity index is 355. The fraction of sp³-hybridized carbons (Fsp3) is 0.500. The van der Waals surface area contributed by atoms with E-state index in [9.17, 15) is 8.42 Å². The van der Waals surface area contributed by atoms with Crippen LogP contribution < -0.4 is 4.72 Å². The summed E-state index contributed by atoms with van der Waals surface area (Å²) >= 11 is 0. The Balaban J connectivity index is 2.61. The molecular formula is C6H11N3O2S. The molecule has 0 saturated carbocycles. The van der Waals surface area contributed by atoms with Gasteiger partial charge in [-0.2, -0.15) is 0 Å². The van der Waals surface area contributed by atoms with E-state index in [0.717, 1.165) is 6.26 Å². The van der Waals surface area contributed by atoms with Crippen LogP contribution in [0.4, 0.5) is 0 Å². The van der Waals surface area contributed by atoms with E-state index in [1.807, 2.05) is 7.05 Å². The molecule has 5 nitrogen and oxygen atoms in total. The lowest BCUT2D eigenvalue weighted by Gasteiger charge is -2.01. The third-order valence-electron chi connectivity index (χ3n) is 1.41. The van der Waals surface area contributed by atoms with Crippen LogP contribution in [-0.2, 0) is 23.6 Å². The second-order valence-corrected chi connectivity index (χ2v) is 4.38. The van der Waals surface area contributed by atoms with Gasteiger partial charge in [0, 0.05) is 19.4 Å². The molecule has 0 aliphatic carbocycles. The average molecular weight is 189 g/mol. The Morgan fingerprint density at radius 2 is 2.33 bits per heavy atom. The predicted octanol–water partition coefficient (Wildman–Crippen LogP) is -0.531. The fourth-order valence-corrected chi connectivity index (χ4v) is 1.15. The Hall–Kier alpha value is -0.880. The molecular weight excluding hydrogens is 178 g/mol. The summed E-state index contributed by atoms with van der Waals surface area (Å²) in [6, 6.07) is 0. The molecule has 68 valence electrons. The van der Waals surface area contributed by atoms with Gasteiger partial charge < -0.3 is 4.57 Å². The van der Waals surface area contributed by atoms with Crippen molar-refractivity contribution in [1.29, 1.82) is 0 Å². The maximum absolute atomic E-state index is 10.7. The number of aromatic nitrogens is 2. The van der Waals surface area contributed by atoms with Crippen molar-refractivity contribution in [3.63, 3.8) is 0 Å². The minimum atomic E-state index is -3.12. The molecule has 0 amide bonds. The van der Waals surface area contributed by atoms with Crippen molar-refractivity contribution in [1.82, 2.24) is 14.3 Å². The molecule has 1 heterocycles. The Kier molecular flexibility index (Phi) is 2.49. The van der Waals surface area contributed by atoms with Gasteiger partial charge in [0.25, 0.3) is 0 Å². The van der Waals surface area contributed by atoms with Crippen LogP contribution in [0.1, 0.15) is 5.82 Å². The largest absolute Gasteiger partial charge is 0.337 e. The fourth-order valence-electron chi connectivity index (χ4n) is 0.762. The lowest BCUT2D eigenvalue weighted by molar-refractivity contribution is 0.584. The van der Waals surface area contributed by atoms with E-state index >= 15 is 0 Å². The molecule has 0 aliphatic rings. The summed E-state index contributed by atoms with van der Waals surface area (Å²) in [7, 11) is -1.31. The topological polar surface area (TPSA) is 64.0 Å². The number of sulfonamides is 1. The summed E-state index contributed by atoms with van der Waals surface area (Å²) in [5.74, 6) is 0.695. The molecule has 0 saturated heterocycles. The first-order valence-electron chi connectivity index (χ1n) is 3.40. The molecule has 0 fully saturated rings. The van der Waals surface area contributed by atoms with Gasteiger partial charge >= 0.3 is 0 Å². The number of hydrogen-bond acceptors (Lipinski definition) is 3. The molecule has 0 unspecified atom stereocenters. The van der Waals surface area contributed by atoms with Crippen molar-refractivity contribution in [3.8, 4) is 0 Å². The second kappa shape index (κ2) is 3.24. The second-order valence-electron chi connectivity index (χ2n) is 2.55. The van der Waals surface area contributed by atoms with Crippen molar-refractivity contribution in [2.24, 2.45) is 7.05 Å². The van der Waals surface area contributed by atoms with Crippen LogP contribution in [0.15, 0.2) is 12.4 Å². The Morgan fingerprint density at radius 1 is 1.67 bits per heavy atom. The Labute approximate surface area is 71.5 Å². The van der Waals surface area contributed by atoms with Gasteiger partial charge in [-0.3, -0.25) is 0 Å². The number of nitrogens with zero attached hydrogens (tertiary/aromatic N) is 2. The molecule has 1 aromatic heterocycles. The molecule has 0 aromatic carbocycles. The van der Waals surface area contributed by atoms with Crippen molar-refractivity contribution >= 4 is 10.0 Å². The Morgan fingerprint density at radius 3 is 2.75 bits per heavy atom. The number of hydrogen-bond donors (Lipinski definition) is 1. The molecule has 0 spiro atoms. The lowest BCUT2D eigenvalue weighted by atomic mass is 10.6. The van der Waals surface area contributed by atoms with E-state index in [-0.39, 0.29) is 6.54 Å². The van der Waals surface area contributed by atoms with Gasteiger partial charge in [0.05, 0.1) is 12.8 Å². The van der Waals surface area contributed by atoms with E-state index in [2.05, 4.69) is 9.71 Å². The number of rotatable bonds is 3. The summed E-state index contributed by atoms with van der Waals surface area (Å²) in [6.45, 7) is 0.238. The predicted molar refractivity (Wildman–Crippen MR) is 44.9 cm³/mol. The van der Waals surface area contributed by atoms with Crippen LogP contribution in [0.3, 0.4) is 0 Å². The van der Waals surface area contributed by atoms with Crippen molar-refractivity contribution in [3.05, 3.63) is 18.2 Å². The zero-order valence-electron chi connectivity index (χ0n) is 6.98. The first kappa shape index (κ1) is 9.21. The van der Waals surface area contributed by atoms with Crippen molar-refractivity contribution < 1.29 is 8.42 Å². The molecule has 0 bridgehead atoms. The molecule has 0 aliphatic heterocycles. The monoisotopic (exact) mass is 189 g/mol. The smallest absolute Gasteiger partial charge is 0.209 e. The lowest BCUT2D eigenvalue weighted by Crippen LogP contribution is -2.22. The van der Waals surface area contributed by atoms with Gasteiger partial charge in [0.15, 0.2) is 0 Å². The summed E-state index contributed by atoms with van der Waals surface area (Å²) < 4.78 is 25.5. The van der Waals surface area contributed by atoms with E-state index in [0.29, 0.717) is 5.82 Å². The summed E-state index contributed by atoms with van der Waals surface area (Å²) in [4.78, 5) is 3.95. The highest BCUT2D eigenvalue weighted by atomic mass is 32.2. The molecule has 6 heteroatoms. The quantitative estimate of drug-likeness (QED) is 0.695. The molecule has 0 atom stereocenters. The van der Waals surface area contributed by atoms with Crippen LogP contribution in [0.25, 0.3) is 0 Å². The van der Waals surface area contributed by atoms with Gasteiger partial charge in [0.1, 0.15) is 5.82 Å². The van der Waals surface area contributed by atoms with E-state index in [1.54, 1.807) is 17.0 Å². The van der Waals surface area contributed by atoms with Crippen LogP contribution >= 0.6 is 0 Å². The standard InChI is InChI=1S/C6H11N3O2S/c1-9-4-3-7-6(9)5-8-12(2,10)11/h3-4,8H,5H2,1-2H3. The van der Waals surface area contributed by atoms with Crippen molar-refractivity contribution in [2.75, 3.05) is 6.26 Å². The van der Waals surface area contributed by atoms with Gasteiger partial charge in [-0.25, -0.2) is 18.1 Å². The zero-order chi connectivity index (χ0) is 9.19. The average Bonchev–Trinajstić information content (AvgIpc) is 2.29. The molecule has 0 radical (unpaired) electrons. The maximum atomic E-state index is 10.7. The third-order valence-corrected chi connectivity index (χ3v) is 2.08. The molecule has 12 heavy (non-hydrogen) atoms. The molecule has 1 N–H and O–H groups in total. The van der Waals surface area contributed by atoms with Crippen LogP contribution in [0.2, 0.25) is 0 Å². The maximum Gasteiger partial charge on any atom is 0.209 e. The minimum Gasteiger partial charge on any atom is -0.337 e. The van der Waals surface area contributed by atoms with E-state index < -0.39 is 10.0 Å². The minimum absolute atomic E-state index is 0.238. The highest BCUT2D eigenvalue weighted by Gasteiger charge is 2.03. The summed E-state index contributed by atoms with van der Waals surface area (Å²) in [5, 5.41) is 0. The van der Waals surface area contributed by atoms with E-state index in [4.69, 9.17) is 0 Å². The van der Waals surface area contributed by atoms with E-state index in [1.165, 1.54) is 0 Å². The first-order chi connectivity index (χ1) is 5.49. The van der Waals surface area contributed by atoms with Gasteiger partial charge in [-0.05, 0) is 0 Å². The molecule has 1 rings (SSSR count). The highest BCUT2D eigenvalue weighted by Crippen LogP contribution is 1.93. The van der Waals surface area contributed by atoms with Crippen LogP contribution in [-0.4, -0.2) is 24.2 Å². The first-order valence-corrected chi connectivity index (χ1v) is 5.29. The summed E-state index contributed by atoms with van der Waals surface area (Å²) in [6.07, 6.45) is 4.51. The number of imidazole rings is 1. The summed E-state index contributed by atoms with van der Waals surface area (Å²) in [5.41, 5.74) is 0. The highest BCUT2D eigenvalue weighted by molar-refractivity contribution is 7.88. The van der Waals surface area contributed by atoms with Gasteiger partial charge in [0.2, 0.25) is 10.0 Å². The van der Waals surface area contributed by atoms with Crippen molar-refractivity contribution in [2.45, 2.75) is 6.54 Å².